The lowest BCUT2D eigenvalue weighted by atomic mass is 10.1. The van der Waals surface area contributed by atoms with Crippen molar-refractivity contribution in [2.24, 2.45) is 0 Å². The Morgan fingerprint density at radius 3 is 2.19 bits per heavy atom. The highest BCUT2D eigenvalue weighted by Gasteiger charge is 2.22. The predicted molar refractivity (Wildman–Crippen MR) is 89.4 cm³/mol. The van der Waals surface area contributed by atoms with E-state index in [2.05, 4.69) is 12.2 Å². The minimum Gasteiger partial charge on any atom is -0.352 e. The van der Waals surface area contributed by atoms with Crippen LogP contribution in [0, 0.1) is 0 Å². The first kappa shape index (κ1) is 15.6. The molecule has 110 valence electrons. The highest BCUT2D eigenvalue weighted by Crippen LogP contribution is 2.35. The van der Waals surface area contributed by atoms with Crippen molar-refractivity contribution < 1.29 is 4.79 Å². The van der Waals surface area contributed by atoms with Gasteiger partial charge in [-0.05, 0) is 31.0 Å². The first-order valence-electron chi connectivity index (χ1n) is 7.27. The monoisotopic (exact) mass is 299 g/mol. The molecule has 0 fully saturated rings. The van der Waals surface area contributed by atoms with E-state index < -0.39 is 0 Å². The zero-order valence-corrected chi connectivity index (χ0v) is 13.3. The van der Waals surface area contributed by atoms with Gasteiger partial charge >= 0.3 is 0 Å². The maximum atomic E-state index is 12.6. The van der Waals surface area contributed by atoms with Crippen LogP contribution in [-0.4, -0.2) is 11.9 Å². The molecule has 2 nitrogen and oxygen atoms in total. The van der Waals surface area contributed by atoms with E-state index in [1.54, 1.807) is 11.8 Å². The Labute approximate surface area is 131 Å². The molecule has 2 rings (SSSR count). The van der Waals surface area contributed by atoms with E-state index in [0.717, 1.165) is 16.9 Å². The van der Waals surface area contributed by atoms with Gasteiger partial charge in [0.1, 0.15) is 5.25 Å². The molecule has 0 spiro atoms. The average Bonchev–Trinajstić information content (AvgIpc) is 2.54. The molecule has 1 amide bonds. The summed E-state index contributed by atoms with van der Waals surface area (Å²) in [5, 5.41) is 2.87. The first-order valence-corrected chi connectivity index (χ1v) is 8.15. The third kappa shape index (κ3) is 4.64. The Morgan fingerprint density at radius 1 is 1.05 bits per heavy atom. The molecule has 0 saturated carbocycles. The number of hydrogen-bond acceptors (Lipinski definition) is 2. The molecule has 0 aliphatic carbocycles. The number of benzene rings is 2. The van der Waals surface area contributed by atoms with Crippen LogP contribution in [0.15, 0.2) is 65.6 Å². The van der Waals surface area contributed by atoms with Crippen LogP contribution in [0.4, 0.5) is 0 Å². The van der Waals surface area contributed by atoms with Gasteiger partial charge in [-0.2, -0.15) is 0 Å². The number of rotatable bonds is 6. The molecular weight excluding hydrogens is 278 g/mol. The molecule has 0 radical (unpaired) electrons. The third-order valence-corrected chi connectivity index (χ3v) is 4.60. The summed E-state index contributed by atoms with van der Waals surface area (Å²) in [7, 11) is 0. The lowest BCUT2D eigenvalue weighted by Crippen LogP contribution is -2.35. The van der Waals surface area contributed by atoms with E-state index in [-0.39, 0.29) is 17.2 Å². The second-order valence-corrected chi connectivity index (χ2v) is 6.22. The summed E-state index contributed by atoms with van der Waals surface area (Å²) in [5.74, 6) is 0.0735. The summed E-state index contributed by atoms with van der Waals surface area (Å²) >= 11 is 1.59. The number of nitrogens with one attached hydrogen (secondary N) is 1. The largest absolute Gasteiger partial charge is 0.352 e. The second-order valence-electron chi connectivity index (χ2n) is 5.04. The SMILES string of the molecule is CCC(C)NC(=O)[C@@H](Sc1ccccc1)c1ccccc1. The Morgan fingerprint density at radius 2 is 1.62 bits per heavy atom. The fraction of sp³-hybridized carbons (Fsp3) is 0.278. The molecule has 2 aromatic carbocycles. The van der Waals surface area contributed by atoms with Gasteiger partial charge in [0.25, 0.3) is 0 Å². The smallest absolute Gasteiger partial charge is 0.238 e. The van der Waals surface area contributed by atoms with Gasteiger partial charge in [-0.3, -0.25) is 4.79 Å². The fourth-order valence-electron chi connectivity index (χ4n) is 1.96. The van der Waals surface area contributed by atoms with Gasteiger partial charge in [0.2, 0.25) is 5.91 Å². The second kappa shape index (κ2) is 7.89. The van der Waals surface area contributed by atoms with E-state index in [0.29, 0.717) is 0 Å². The van der Waals surface area contributed by atoms with Crippen molar-refractivity contribution in [1.82, 2.24) is 5.32 Å². The lowest BCUT2D eigenvalue weighted by Gasteiger charge is -2.19. The van der Waals surface area contributed by atoms with E-state index in [1.165, 1.54) is 0 Å². The maximum Gasteiger partial charge on any atom is 0.238 e. The van der Waals surface area contributed by atoms with Crippen LogP contribution in [0.3, 0.4) is 0 Å². The predicted octanol–water partition coefficient (Wildman–Crippen LogP) is 4.43. The van der Waals surface area contributed by atoms with Crippen molar-refractivity contribution in [3.63, 3.8) is 0 Å². The van der Waals surface area contributed by atoms with E-state index in [1.807, 2.05) is 67.6 Å². The standard InChI is InChI=1S/C18H21NOS/c1-3-14(2)19-18(20)17(15-10-6-4-7-11-15)21-16-12-8-5-9-13-16/h4-14,17H,3H2,1-2H3,(H,19,20)/t14?,17-/m0/s1. The van der Waals surface area contributed by atoms with E-state index >= 15 is 0 Å². The highest BCUT2D eigenvalue weighted by molar-refractivity contribution is 8.00. The molecule has 0 saturated heterocycles. The van der Waals surface area contributed by atoms with Crippen molar-refractivity contribution >= 4 is 17.7 Å². The van der Waals surface area contributed by atoms with Gasteiger partial charge in [0.15, 0.2) is 0 Å². The van der Waals surface area contributed by atoms with Crippen LogP contribution >= 0.6 is 11.8 Å². The molecule has 0 aliphatic rings. The van der Waals surface area contributed by atoms with Gasteiger partial charge in [-0.1, -0.05) is 55.5 Å². The van der Waals surface area contributed by atoms with E-state index in [9.17, 15) is 4.79 Å². The third-order valence-electron chi connectivity index (χ3n) is 3.34. The Balaban J connectivity index is 2.20. The van der Waals surface area contributed by atoms with E-state index in [4.69, 9.17) is 0 Å². The van der Waals surface area contributed by atoms with Crippen LogP contribution in [0.5, 0.6) is 0 Å². The molecular formula is C18H21NOS. The van der Waals surface area contributed by atoms with Crippen LogP contribution in [0.25, 0.3) is 0 Å². The Bertz CT molecular complexity index is 556. The molecule has 0 heterocycles. The molecule has 3 heteroatoms. The molecule has 2 atom stereocenters. The summed E-state index contributed by atoms with van der Waals surface area (Å²) < 4.78 is 0. The lowest BCUT2D eigenvalue weighted by molar-refractivity contribution is -0.121. The average molecular weight is 299 g/mol. The minimum absolute atomic E-state index is 0.0735. The van der Waals surface area contributed by atoms with Crippen molar-refractivity contribution in [3.8, 4) is 0 Å². The summed E-state index contributed by atoms with van der Waals surface area (Å²) in [6.07, 6.45) is 0.934. The summed E-state index contributed by atoms with van der Waals surface area (Å²) in [6.45, 7) is 4.11. The van der Waals surface area contributed by atoms with Gasteiger partial charge in [-0.15, -0.1) is 11.8 Å². The Kier molecular flexibility index (Phi) is 5.88. The number of amides is 1. The number of carbonyl (C=O) groups excluding carboxylic acids is 1. The Hall–Kier alpha value is -1.74. The first-order chi connectivity index (χ1) is 10.2. The highest BCUT2D eigenvalue weighted by atomic mass is 32.2. The molecule has 0 aromatic heterocycles. The summed E-state index contributed by atoms with van der Waals surface area (Å²) in [4.78, 5) is 13.7. The summed E-state index contributed by atoms with van der Waals surface area (Å²) in [6, 6.07) is 20.2. The quantitative estimate of drug-likeness (QED) is 0.799. The van der Waals surface area contributed by atoms with Crippen LogP contribution in [-0.2, 0) is 4.79 Å². The minimum atomic E-state index is -0.220. The molecule has 1 N–H and O–H groups in total. The molecule has 2 aromatic rings. The molecule has 21 heavy (non-hydrogen) atoms. The fourth-order valence-corrected chi connectivity index (χ4v) is 3.01. The van der Waals surface area contributed by atoms with Gasteiger partial charge in [0, 0.05) is 10.9 Å². The number of hydrogen-bond donors (Lipinski definition) is 1. The number of carbonyl (C=O) groups is 1. The van der Waals surface area contributed by atoms with Crippen molar-refractivity contribution in [1.29, 1.82) is 0 Å². The molecule has 0 aliphatic heterocycles. The zero-order valence-electron chi connectivity index (χ0n) is 12.5. The van der Waals surface area contributed by atoms with Gasteiger partial charge < -0.3 is 5.32 Å². The van der Waals surface area contributed by atoms with Crippen molar-refractivity contribution in [3.05, 3.63) is 66.2 Å². The maximum absolute atomic E-state index is 12.6. The summed E-state index contributed by atoms with van der Waals surface area (Å²) in [5.41, 5.74) is 1.03. The van der Waals surface area contributed by atoms with Gasteiger partial charge in [-0.25, -0.2) is 0 Å². The van der Waals surface area contributed by atoms with Crippen molar-refractivity contribution in [2.45, 2.75) is 36.5 Å². The topological polar surface area (TPSA) is 29.1 Å². The zero-order chi connectivity index (χ0) is 15.1. The van der Waals surface area contributed by atoms with Crippen LogP contribution in [0.1, 0.15) is 31.1 Å². The number of thioether (sulfide) groups is 1. The molecule has 1 unspecified atom stereocenters. The van der Waals surface area contributed by atoms with Crippen LogP contribution in [0.2, 0.25) is 0 Å². The van der Waals surface area contributed by atoms with Crippen LogP contribution < -0.4 is 5.32 Å². The van der Waals surface area contributed by atoms with Gasteiger partial charge in [0.05, 0.1) is 0 Å². The van der Waals surface area contributed by atoms with Crippen molar-refractivity contribution in [2.75, 3.05) is 0 Å². The normalized spacial score (nSPS) is 13.4. The molecule has 0 bridgehead atoms.